The highest BCUT2D eigenvalue weighted by Crippen LogP contribution is 2.61. The second kappa shape index (κ2) is 10.1. The van der Waals surface area contributed by atoms with E-state index in [0.29, 0.717) is 0 Å². The van der Waals surface area contributed by atoms with Gasteiger partial charge in [0.05, 0.1) is 22.1 Å². The molecule has 242 valence electrons. The first kappa shape index (κ1) is 27.9. The number of aromatic nitrogens is 1. The summed E-state index contributed by atoms with van der Waals surface area (Å²) < 4.78 is 8.77. The maximum Gasteiger partial charge on any atom is 0.135 e. The van der Waals surface area contributed by atoms with Gasteiger partial charge >= 0.3 is 0 Å². The van der Waals surface area contributed by atoms with Gasteiger partial charge < -0.3 is 13.9 Å². The Bertz CT molecular complexity index is 3090. The Labute approximate surface area is 300 Å². The summed E-state index contributed by atoms with van der Waals surface area (Å²) in [5.74, 6) is 0. The summed E-state index contributed by atoms with van der Waals surface area (Å²) in [6.07, 6.45) is 0. The smallest absolute Gasteiger partial charge is 0.135 e. The van der Waals surface area contributed by atoms with Crippen LogP contribution in [0.4, 0.5) is 17.1 Å². The molecule has 1 atom stereocenters. The first-order valence-electron chi connectivity index (χ1n) is 17.9. The maximum absolute atomic E-state index is 6.26. The summed E-state index contributed by atoms with van der Waals surface area (Å²) in [4.78, 5) is 2.39. The fraction of sp³-hybridized carbons (Fsp3) is 0.0204. The molecule has 1 spiro atoms. The van der Waals surface area contributed by atoms with Crippen molar-refractivity contribution in [1.82, 2.24) is 4.57 Å². The van der Waals surface area contributed by atoms with Gasteiger partial charge in [0.25, 0.3) is 0 Å². The molecule has 1 aliphatic heterocycles. The van der Waals surface area contributed by atoms with Gasteiger partial charge in [-0.1, -0.05) is 121 Å². The predicted octanol–water partition coefficient (Wildman–Crippen LogP) is 12.8. The number of rotatable bonds is 3. The summed E-state index contributed by atoms with van der Waals surface area (Å²) >= 11 is 0. The highest BCUT2D eigenvalue weighted by Gasteiger charge is 2.51. The largest absolute Gasteiger partial charge is 0.456 e. The van der Waals surface area contributed by atoms with Crippen molar-refractivity contribution in [1.29, 1.82) is 0 Å². The van der Waals surface area contributed by atoms with Gasteiger partial charge in [0.2, 0.25) is 0 Å². The van der Waals surface area contributed by atoms with Gasteiger partial charge in [-0.3, -0.25) is 0 Å². The predicted molar refractivity (Wildman–Crippen MR) is 214 cm³/mol. The molecular weight excluding hydrogens is 633 g/mol. The molecule has 8 aromatic carbocycles. The molecule has 52 heavy (non-hydrogen) atoms. The zero-order valence-corrected chi connectivity index (χ0v) is 28.1. The van der Waals surface area contributed by atoms with Gasteiger partial charge in [-0.25, -0.2) is 0 Å². The lowest BCUT2D eigenvalue weighted by Gasteiger charge is -2.40. The Morgan fingerprint density at radius 1 is 0.404 bits per heavy atom. The molecule has 2 aliphatic rings. The molecule has 0 bridgehead atoms. The van der Waals surface area contributed by atoms with E-state index in [9.17, 15) is 0 Å². The van der Waals surface area contributed by atoms with E-state index in [1.165, 1.54) is 60.9 Å². The molecular formula is C49H30N2O. The Morgan fingerprint density at radius 2 is 1.06 bits per heavy atom. The summed E-state index contributed by atoms with van der Waals surface area (Å²) in [7, 11) is 0. The second-order valence-corrected chi connectivity index (χ2v) is 14.0. The second-order valence-electron chi connectivity index (χ2n) is 14.0. The molecule has 0 saturated heterocycles. The Hall–Kier alpha value is -6.84. The first-order valence-corrected chi connectivity index (χ1v) is 17.9. The van der Waals surface area contributed by atoms with Crippen LogP contribution in [0.2, 0.25) is 0 Å². The minimum absolute atomic E-state index is 0.518. The number of benzene rings is 8. The van der Waals surface area contributed by atoms with E-state index < -0.39 is 5.41 Å². The highest BCUT2D eigenvalue weighted by molar-refractivity contribution is 6.13. The van der Waals surface area contributed by atoms with Crippen LogP contribution in [0.1, 0.15) is 22.3 Å². The molecule has 0 fully saturated rings. The zero-order chi connectivity index (χ0) is 34.0. The SMILES string of the molecule is c1ccc(N(c2ccc3c(c2)C2(c4ccccc4-3)c3ccccc3-n3c4ccccc4c4cccc2c43)c2ccc3oc4ccccc4c3c2)cc1. The molecule has 3 heteroatoms. The van der Waals surface area contributed by atoms with Crippen molar-refractivity contribution in [3.05, 3.63) is 204 Å². The number of fused-ring (bicyclic) bond motifs is 15. The summed E-state index contributed by atoms with van der Waals surface area (Å²) in [5.41, 5.74) is 16.2. The molecule has 2 aromatic heterocycles. The quantitative estimate of drug-likeness (QED) is 0.188. The van der Waals surface area contributed by atoms with Crippen molar-refractivity contribution in [2.45, 2.75) is 5.41 Å². The van der Waals surface area contributed by atoms with Gasteiger partial charge in [-0.05, 0) is 94.0 Å². The van der Waals surface area contributed by atoms with Gasteiger partial charge in [0.1, 0.15) is 11.2 Å². The molecule has 0 amide bonds. The van der Waals surface area contributed by atoms with Gasteiger partial charge in [-0.2, -0.15) is 0 Å². The number of nitrogens with zero attached hydrogens (tertiary/aromatic N) is 2. The highest BCUT2D eigenvalue weighted by atomic mass is 16.3. The topological polar surface area (TPSA) is 21.3 Å². The fourth-order valence-electron chi connectivity index (χ4n) is 9.57. The average molecular weight is 663 g/mol. The van der Waals surface area contributed by atoms with Crippen molar-refractivity contribution in [3.63, 3.8) is 0 Å². The molecule has 0 N–H and O–H groups in total. The van der Waals surface area contributed by atoms with Crippen LogP contribution in [0.5, 0.6) is 0 Å². The number of para-hydroxylation sites is 5. The van der Waals surface area contributed by atoms with E-state index in [1.54, 1.807) is 0 Å². The van der Waals surface area contributed by atoms with Crippen LogP contribution in [-0.4, -0.2) is 4.57 Å². The number of furan rings is 1. The Balaban J connectivity index is 1.18. The lowest BCUT2D eigenvalue weighted by molar-refractivity contribution is 0.669. The lowest BCUT2D eigenvalue weighted by Crippen LogP contribution is -2.33. The summed E-state index contributed by atoms with van der Waals surface area (Å²) in [6.45, 7) is 0. The molecule has 0 saturated carbocycles. The van der Waals surface area contributed by atoms with E-state index in [4.69, 9.17) is 4.42 Å². The van der Waals surface area contributed by atoms with Crippen molar-refractivity contribution < 1.29 is 4.42 Å². The fourth-order valence-corrected chi connectivity index (χ4v) is 9.57. The third-order valence-electron chi connectivity index (χ3n) is 11.6. The van der Waals surface area contributed by atoms with Gasteiger partial charge in [0.15, 0.2) is 0 Å². The van der Waals surface area contributed by atoms with Crippen molar-refractivity contribution >= 4 is 60.8 Å². The first-order chi connectivity index (χ1) is 25.8. The molecule has 10 aromatic rings. The van der Waals surface area contributed by atoms with Gasteiger partial charge in [-0.15, -0.1) is 0 Å². The van der Waals surface area contributed by atoms with Crippen molar-refractivity contribution in [3.8, 4) is 16.8 Å². The minimum Gasteiger partial charge on any atom is -0.456 e. The molecule has 1 unspecified atom stereocenters. The number of hydrogen-bond acceptors (Lipinski definition) is 2. The number of hydrogen-bond donors (Lipinski definition) is 0. The van der Waals surface area contributed by atoms with Gasteiger partial charge in [0, 0.05) is 38.6 Å². The average Bonchev–Trinajstić information content (AvgIpc) is 3.85. The van der Waals surface area contributed by atoms with Crippen LogP contribution >= 0.6 is 0 Å². The van der Waals surface area contributed by atoms with E-state index in [2.05, 4.69) is 179 Å². The van der Waals surface area contributed by atoms with E-state index in [1.807, 2.05) is 12.1 Å². The van der Waals surface area contributed by atoms with Crippen LogP contribution in [0.3, 0.4) is 0 Å². The van der Waals surface area contributed by atoms with Crippen molar-refractivity contribution in [2.75, 3.05) is 4.90 Å². The normalized spacial score (nSPS) is 15.4. The minimum atomic E-state index is -0.518. The van der Waals surface area contributed by atoms with E-state index >= 15 is 0 Å². The monoisotopic (exact) mass is 662 g/mol. The molecule has 3 nitrogen and oxygen atoms in total. The van der Waals surface area contributed by atoms with E-state index in [0.717, 1.165) is 39.0 Å². The molecule has 12 rings (SSSR count). The third-order valence-corrected chi connectivity index (χ3v) is 11.6. The van der Waals surface area contributed by atoms with Crippen LogP contribution in [0.25, 0.3) is 60.6 Å². The third kappa shape index (κ3) is 3.45. The van der Waals surface area contributed by atoms with Crippen LogP contribution in [0.15, 0.2) is 186 Å². The standard InChI is InChI=1S/C49H30N2O/c1-2-13-31(14-3-1)50(32-26-28-47-39(29-32)37-17-6-11-24-46(37)52-47)33-25-27-35-34-15-4-7-19-40(34)49(43(35)30-33)41-20-8-10-23-45(41)51-44-22-9-5-16-36(44)38-18-12-21-42(49)48(38)51/h1-30H. The van der Waals surface area contributed by atoms with E-state index in [-0.39, 0.29) is 0 Å². The lowest BCUT2D eigenvalue weighted by atomic mass is 9.65. The molecule has 0 radical (unpaired) electrons. The van der Waals surface area contributed by atoms with Crippen LogP contribution in [0, 0.1) is 0 Å². The summed E-state index contributed by atoms with van der Waals surface area (Å²) in [6, 6.07) is 66.6. The maximum atomic E-state index is 6.26. The number of anilines is 3. The van der Waals surface area contributed by atoms with Crippen LogP contribution in [-0.2, 0) is 5.41 Å². The van der Waals surface area contributed by atoms with Crippen molar-refractivity contribution in [2.24, 2.45) is 0 Å². The van der Waals surface area contributed by atoms with Crippen LogP contribution < -0.4 is 4.90 Å². The summed E-state index contributed by atoms with van der Waals surface area (Å²) in [5, 5.41) is 4.80. The molecule has 3 heterocycles. The Morgan fingerprint density at radius 3 is 1.98 bits per heavy atom. The zero-order valence-electron chi connectivity index (χ0n) is 28.1. The molecule has 1 aliphatic carbocycles. The Kier molecular flexibility index (Phi) is 5.43.